The summed E-state index contributed by atoms with van der Waals surface area (Å²) < 4.78 is 2.17. The van der Waals surface area contributed by atoms with Crippen molar-refractivity contribution < 1.29 is 4.79 Å². The van der Waals surface area contributed by atoms with E-state index in [0.29, 0.717) is 23.6 Å². The van der Waals surface area contributed by atoms with Crippen molar-refractivity contribution in [2.45, 2.75) is 26.4 Å². The number of amides is 1. The first-order valence-corrected chi connectivity index (χ1v) is 8.70. The summed E-state index contributed by atoms with van der Waals surface area (Å²) in [6, 6.07) is 8.78. The van der Waals surface area contributed by atoms with Crippen LogP contribution >= 0.6 is 0 Å². The van der Waals surface area contributed by atoms with Crippen molar-refractivity contribution in [3.05, 3.63) is 53.6 Å². The van der Waals surface area contributed by atoms with E-state index >= 15 is 0 Å². The van der Waals surface area contributed by atoms with Crippen LogP contribution in [0.3, 0.4) is 0 Å². The van der Waals surface area contributed by atoms with Gasteiger partial charge in [0.15, 0.2) is 0 Å². The van der Waals surface area contributed by atoms with Crippen LogP contribution in [0.15, 0.2) is 36.7 Å². The van der Waals surface area contributed by atoms with Gasteiger partial charge < -0.3 is 9.88 Å². The Kier molecular flexibility index (Phi) is 5.46. The lowest BCUT2D eigenvalue weighted by molar-refractivity contribution is 0.0947. The third-order valence-corrected chi connectivity index (χ3v) is 4.70. The van der Waals surface area contributed by atoms with Gasteiger partial charge in [0.25, 0.3) is 5.91 Å². The van der Waals surface area contributed by atoms with Gasteiger partial charge in [-0.1, -0.05) is 0 Å². The van der Waals surface area contributed by atoms with E-state index in [9.17, 15) is 4.79 Å². The lowest BCUT2D eigenvalue weighted by Gasteiger charge is -2.16. The molecular formula is C19H23N5O. The quantitative estimate of drug-likeness (QED) is 0.875. The standard InChI is InChI=1S/C19H23N5O/c1-2-24-10-8-21-18(24)14-23-9-7-16(13-23)12-22-19(25)17-5-3-15(11-20)4-6-17/h3-6,8,10,16H,2,7,9,12-14H2,1H3,(H,22,25)/t16-/m1/s1. The van der Waals surface area contributed by atoms with E-state index in [4.69, 9.17) is 5.26 Å². The molecule has 1 aliphatic heterocycles. The summed E-state index contributed by atoms with van der Waals surface area (Å²) in [5.41, 5.74) is 1.16. The van der Waals surface area contributed by atoms with Gasteiger partial charge in [0.05, 0.1) is 18.2 Å². The van der Waals surface area contributed by atoms with Crippen molar-refractivity contribution in [2.24, 2.45) is 5.92 Å². The zero-order chi connectivity index (χ0) is 17.6. The van der Waals surface area contributed by atoms with Crippen LogP contribution in [-0.4, -0.2) is 40.0 Å². The number of hydrogen-bond acceptors (Lipinski definition) is 4. The third kappa shape index (κ3) is 4.25. The molecule has 3 rings (SSSR count). The highest BCUT2D eigenvalue weighted by atomic mass is 16.1. The van der Waals surface area contributed by atoms with Crippen LogP contribution in [0.2, 0.25) is 0 Å². The number of imidazole rings is 1. The fourth-order valence-electron chi connectivity index (χ4n) is 3.24. The van der Waals surface area contributed by atoms with E-state index in [1.165, 1.54) is 0 Å². The lowest BCUT2D eigenvalue weighted by Crippen LogP contribution is -2.31. The Morgan fingerprint density at radius 3 is 2.92 bits per heavy atom. The van der Waals surface area contributed by atoms with E-state index in [0.717, 1.165) is 38.4 Å². The fourth-order valence-corrected chi connectivity index (χ4v) is 3.24. The molecule has 1 amide bonds. The molecule has 130 valence electrons. The Labute approximate surface area is 148 Å². The first-order chi connectivity index (χ1) is 12.2. The maximum atomic E-state index is 12.2. The zero-order valence-corrected chi connectivity index (χ0v) is 14.5. The first kappa shape index (κ1) is 17.2. The minimum absolute atomic E-state index is 0.0792. The monoisotopic (exact) mass is 337 g/mol. The molecule has 0 aliphatic carbocycles. The number of carbonyl (C=O) groups is 1. The lowest BCUT2D eigenvalue weighted by atomic mass is 10.1. The largest absolute Gasteiger partial charge is 0.352 e. The average molecular weight is 337 g/mol. The number of aryl methyl sites for hydroxylation is 1. The third-order valence-electron chi connectivity index (χ3n) is 4.70. The number of rotatable bonds is 6. The Balaban J connectivity index is 1.46. The summed E-state index contributed by atoms with van der Waals surface area (Å²) in [4.78, 5) is 19.0. The van der Waals surface area contributed by atoms with E-state index in [1.54, 1.807) is 24.3 Å². The van der Waals surface area contributed by atoms with Gasteiger partial charge in [0, 0.05) is 37.6 Å². The normalized spacial score (nSPS) is 17.4. The molecule has 1 atom stereocenters. The Bertz CT molecular complexity index is 759. The molecule has 0 unspecified atom stereocenters. The number of aromatic nitrogens is 2. The van der Waals surface area contributed by atoms with Crippen LogP contribution in [0.1, 0.15) is 35.1 Å². The number of benzene rings is 1. The number of carbonyl (C=O) groups excluding carboxylic acids is 1. The molecule has 0 bridgehead atoms. The maximum Gasteiger partial charge on any atom is 0.251 e. The summed E-state index contributed by atoms with van der Waals surface area (Å²) >= 11 is 0. The number of nitrogens with one attached hydrogen (secondary N) is 1. The van der Waals surface area contributed by atoms with Crippen molar-refractivity contribution in [1.29, 1.82) is 5.26 Å². The molecule has 1 saturated heterocycles. The summed E-state index contributed by atoms with van der Waals surface area (Å²) in [5.74, 6) is 1.49. The minimum atomic E-state index is -0.0792. The smallest absolute Gasteiger partial charge is 0.251 e. The molecule has 0 spiro atoms. The predicted molar refractivity (Wildman–Crippen MR) is 94.8 cm³/mol. The molecule has 0 radical (unpaired) electrons. The molecular weight excluding hydrogens is 314 g/mol. The number of hydrogen-bond donors (Lipinski definition) is 1. The van der Waals surface area contributed by atoms with Crippen LogP contribution in [0.4, 0.5) is 0 Å². The second-order valence-corrected chi connectivity index (χ2v) is 6.42. The van der Waals surface area contributed by atoms with Crippen molar-refractivity contribution in [3.63, 3.8) is 0 Å². The first-order valence-electron chi connectivity index (χ1n) is 8.70. The van der Waals surface area contributed by atoms with Gasteiger partial charge in [-0.25, -0.2) is 4.98 Å². The minimum Gasteiger partial charge on any atom is -0.352 e. The Morgan fingerprint density at radius 1 is 1.40 bits per heavy atom. The summed E-state index contributed by atoms with van der Waals surface area (Å²) in [7, 11) is 0. The van der Waals surface area contributed by atoms with Gasteiger partial charge in [-0.15, -0.1) is 0 Å². The molecule has 1 N–H and O–H groups in total. The summed E-state index contributed by atoms with van der Waals surface area (Å²) in [5, 5.41) is 11.8. The molecule has 1 aromatic carbocycles. The Morgan fingerprint density at radius 2 is 2.20 bits per heavy atom. The van der Waals surface area contributed by atoms with Gasteiger partial charge in [-0.3, -0.25) is 9.69 Å². The van der Waals surface area contributed by atoms with Gasteiger partial charge >= 0.3 is 0 Å². The van der Waals surface area contributed by atoms with Gasteiger partial charge in [-0.05, 0) is 50.1 Å². The number of likely N-dealkylation sites (tertiary alicyclic amines) is 1. The molecule has 6 nitrogen and oxygen atoms in total. The summed E-state index contributed by atoms with van der Waals surface area (Å²) in [6.07, 6.45) is 4.95. The molecule has 0 saturated carbocycles. The van der Waals surface area contributed by atoms with Gasteiger partial charge in [0.1, 0.15) is 5.82 Å². The molecule has 6 heteroatoms. The number of nitrogens with zero attached hydrogens (tertiary/aromatic N) is 4. The van der Waals surface area contributed by atoms with Crippen molar-refractivity contribution in [1.82, 2.24) is 19.8 Å². The van der Waals surface area contributed by atoms with Crippen LogP contribution in [0, 0.1) is 17.2 Å². The highest BCUT2D eigenvalue weighted by Gasteiger charge is 2.24. The predicted octanol–water partition coefficient (Wildman–Crippen LogP) is 2.03. The van der Waals surface area contributed by atoms with Crippen molar-refractivity contribution in [3.8, 4) is 6.07 Å². The SMILES string of the molecule is CCn1ccnc1CN1CC[C@H](CNC(=O)c2ccc(C#N)cc2)C1. The fraction of sp³-hybridized carbons (Fsp3) is 0.421. The zero-order valence-electron chi connectivity index (χ0n) is 14.5. The van der Waals surface area contributed by atoms with Crippen LogP contribution < -0.4 is 5.32 Å². The molecule has 1 aromatic heterocycles. The number of nitriles is 1. The highest BCUT2D eigenvalue weighted by molar-refractivity contribution is 5.94. The molecule has 1 fully saturated rings. The second-order valence-electron chi connectivity index (χ2n) is 6.42. The van der Waals surface area contributed by atoms with Gasteiger partial charge in [0.2, 0.25) is 0 Å². The van der Waals surface area contributed by atoms with E-state index in [-0.39, 0.29) is 5.91 Å². The van der Waals surface area contributed by atoms with Crippen molar-refractivity contribution >= 4 is 5.91 Å². The van der Waals surface area contributed by atoms with Crippen LogP contribution in [0.25, 0.3) is 0 Å². The van der Waals surface area contributed by atoms with Crippen molar-refractivity contribution in [2.75, 3.05) is 19.6 Å². The van der Waals surface area contributed by atoms with E-state index in [2.05, 4.69) is 32.8 Å². The van der Waals surface area contributed by atoms with E-state index in [1.807, 2.05) is 12.4 Å². The van der Waals surface area contributed by atoms with Crippen LogP contribution in [0.5, 0.6) is 0 Å². The second kappa shape index (κ2) is 7.95. The van der Waals surface area contributed by atoms with Gasteiger partial charge in [-0.2, -0.15) is 5.26 Å². The van der Waals surface area contributed by atoms with E-state index < -0.39 is 0 Å². The average Bonchev–Trinajstić information content (AvgIpc) is 3.29. The topological polar surface area (TPSA) is 74.0 Å². The van der Waals surface area contributed by atoms with Crippen LogP contribution in [-0.2, 0) is 13.1 Å². The highest BCUT2D eigenvalue weighted by Crippen LogP contribution is 2.18. The molecule has 2 aromatic rings. The summed E-state index contributed by atoms with van der Waals surface area (Å²) in [6.45, 7) is 6.61. The molecule has 1 aliphatic rings. The maximum absolute atomic E-state index is 12.2. The molecule has 2 heterocycles. The Hall–Kier alpha value is -2.65. The molecule has 25 heavy (non-hydrogen) atoms.